The quantitative estimate of drug-likeness (QED) is 0.159. The van der Waals surface area contributed by atoms with Crippen LogP contribution in [0.3, 0.4) is 0 Å². The summed E-state index contributed by atoms with van der Waals surface area (Å²) in [6, 6.07) is 5.80. The van der Waals surface area contributed by atoms with Crippen LogP contribution < -0.4 is 16.4 Å². The lowest BCUT2D eigenvalue weighted by Crippen LogP contribution is -2.55. The van der Waals surface area contributed by atoms with Gasteiger partial charge in [0.15, 0.2) is 0 Å². The monoisotopic (exact) mass is 568 g/mol. The number of hydrogen-bond donors (Lipinski definition) is 3. The fourth-order valence-corrected chi connectivity index (χ4v) is 5.50. The highest BCUT2D eigenvalue weighted by atomic mass is 32.1. The Morgan fingerprint density at radius 1 is 1.25 bits per heavy atom. The lowest BCUT2D eigenvalue weighted by molar-refractivity contribution is -0.141. The zero-order chi connectivity index (χ0) is 29.4. The van der Waals surface area contributed by atoms with Gasteiger partial charge in [-0.25, -0.2) is 4.98 Å². The number of benzene rings is 1. The van der Waals surface area contributed by atoms with Crippen molar-refractivity contribution in [3.63, 3.8) is 0 Å². The van der Waals surface area contributed by atoms with E-state index in [-0.39, 0.29) is 42.8 Å². The number of azide groups is 1. The summed E-state index contributed by atoms with van der Waals surface area (Å²) in [6.07, 6.45) is 1.77. The fraction of sp³-hybridized carbons (Fsp3) is 0.571. The fourth-order valence-electron chi connectivity index (χ4n) is 4.69. The third-order valence-electron chi connectivity index (χ3n) is 7.20. The summed E-state index contributed by atoms with van der Waals surface area (Å²) in [5, 5.41) is 9.50. The molecular formula is C28H40N8O3S. The van der Waals surface area contributed by atoms with Crippen molar-refractivity contribution in [1.82, 2.24) is 20.5 Å². The number of carbonyl (C=O) groups excluding carboxylic acids is 3. The Balaban J connectivity index is 1.68. The first-order valence-corrected chi connectivity index (χ1v) is 14.5. The minimum Gasteiger partial charge on any atom is -0.351 e. The number of aryl methyl sites for hydroxylation is 1. The Kier molecular flexibility index (Phi) is 10.7. The standard InChI is InChI=1S/C28H40N8O3S/c1-17(19-9-11-20(12-10-19)24-18(2)31-16-40-24)33-26(38)22-14-21(34-23(37)8-6-7-13-32-35-30)15-36(22)27(39)25(29)28(3,4)5/h9-12,16-17,21-22,25H,6-8,13-15,29H2,1-5H3,(H,33,38)(H,34,37)/t17-,21+,22-,25?/m0/s1. The maximum Gasteiger partial charge on any atom is 0.243 e. The normalized spacial score (nSPS) is 18.5. The average Bonchev–Trinajstić information content (AvgIpc) is 3.53. The Labute approximate surface area is 239 Å². The van der Waals surface area contributed by atoms with Gasteiger partial charge in [-0.15, -0.1) is 11.3 Å². The zero-order valence-corrected chi connectivity index (χ0v) is 24.7. The summed E-state index contributed by atoms with van der Waals surface area (Å²) in [4.78, 5) is 49.1. The first-order chi connectivity index (χ1) is 18.9. The van der Waals surface area contributed by atoms with Gasteiger partial charge in [0.1, 0.15) is 6.04 Å². The molecule has 216 valence electrons. The van der Waals surface area contributed by atoms with Crippen LogP contribution in [0.2, 0.25) is 0 Å². The van der Waals surface area contributed by atoms with Crippen LogP contribution in [0.4, 0.5) is 0 Å². The topological polar surface area (TPSA) is 166 Å². The molecule has 3 rings (SSSR count). The maximum absolute atomic E-state index is 13.5. The first kappa shape index (κ1) is 31.1. The molecule has 2 aromatic rings. The Morgan fingerprint density at radius 2 is 1.95 bits per heavy atom. The molecule has 0 aliphatic carbocycles. The van der Waals surface area contributed by atoms with Crippen molar-refractivity contribution >= 4 is 29.1 Å². The number of rotatable bonds is 11. The molecule has 0 bridgehead atoms. The third kappa shape index (κ3) is 8.03. The van der Waals surface area contributed by atoms with E-state index in [1.807, 2.05) is 64.4 Å². The highest BCUT2D eigenvalue weighted by molar-refractivity contribution is 7.13. The van der Waals surface area contributed by atoms with E-state index in [9.17, 15) is 14.4 Å². The number of aromatic nitrogens is 1. The minimum absolute atomic E-state index is 0.163. The number of unbranched alkanes of at least 4 members (excludes halogenated alkanes) is 1. The number of nitrogens with one attached hydrogen (secondary N) is 2. The average molecular weight is 569 g/mol. The van der Waals surface area contributed by atoms with E-state index in [1.54, 1.807) is 11.3 Å². The molecule has 11 nitrogen and oxygen atoms in total. The molecule has 4 atom stereocenters. The van der Waals surface area contributed by atoms with Crippen LogP contribution in [-0.4, -0.2) is 58.8 Å². The summed E-state index contributed by atoms with van der Waals surface area (Å²) < 4.78 is 0. The summed E-state index contributed by atoms with van der Waals surface area (Å²) in [5.74, 6) is -0.754. The largest absolute Gasteiger partial charge is 0.351 e. The van der Waals surface area contributed by atoms with Gasteiger partial charge in [-0.3, -0.25) is 14.4 Å². The highest BCUT2D eigenvalue weighted by Gasteiger charge is 2.43. The van der Waals surface area contributed by atoms with Gasteiger partial charge in [0.25, 0.3) is 0 Å². The molecular weight excluding hydrogens is 528 g/mol. The number of hydrogen-bond acceptors (Lipinski definition) is 7. The smallest absolute Gasteiger partial charge is 0.243 e. The second-order valence-electron chi connectivity index (χ2n) is 11.4. The number of nitrogens with zero attached hydrogens (tertiary/aromatic N) is 5. The van der Waals surface area contributed by atoms with Gasteiger partial charge in [0.05, 0.1) is 28.2 Å². The Bertz CT molecular complexity index is 1230. The molecule has 1 aromatic heterocycles. The highest BCUT2D eigenvalue weighted by Crippen LogP contribution is 2.29. The van der Waals surface area contributed by atoms with Crippen LogP contribution >= 0.6 is 11.3 Å². The van der Waals surface area contributed by atoms with E-state index in [2.05, 4.69) is 25.6 Å². The maximum atomic E-state index is 13.5. The molecule has 40 heavy (non-hydrogen) atoms. The lowest BCUT2D eigenvalue weighted by Gasteiger charge is -2.33. The van der Waals surface area contributed by atoms with E-state index < -0.39 is 17.5 Å². The van der Waals surface area contributed by atoms with Gasteiger partial charge in [-0.2, -0.15) is 0 Å². The molecule has 1 unspecified atom stereocenters. The molecule has 0 radical (unpaired) electrons. The summed E-state index contributed by atoms with van der Waals surface area (Å²) in [5.41, 5.74) is 19.0. The van der Waals surface area contributed by atoms with Crippen molar-refractivity contribution < 1.29 is 14.4 Å². The second kappa shape index (κ2) is 13.7. The van der Waals surface area contributed by atoms with Crippen LogP contribution in [0.1, 0.15) is 70.7 Å². The van der Waals surface area contributed by atoms with E-state index in [1.165, 1.54) is 4.90 Å². The SMILES string of the molecule is Cc1ncsc1-c1ccc([C@H](C)NC(=O)[C@@H]2C[C@@H](NC(=O)CCCCN=[N+]=[N-])CN2C(=O)C(N)C(C)(C)C)cc1. The summed E-state index contributed by atoms with van der Waals surface area (Å²) in [7, 11) is 0. The van der Waals surface area contributed by atoms with Gasteiger partial charge >= 0.3 is 0 Å². The molecule has 12 heteroatoms. The van der Waals surface area contributed by atoms with Gasteiger partial charge in [-0.05, 0) is 55.2 Å². The number of likely N-dealkylation sites (tertiary alicyclic amines) is 1. The zero-order valence-electron chi connectivity index (χ0n) is 23.9. The van der Waals surface area contributed by atoms with Crippen LogP contribution in [-0.2, 0) is 14.4 Å². The molecule has 1 aliphatic rings. The van der Waals surface area contributed by atoms with E-state index in [0.717, 1.165) is 21.7 Å². The van der Waals surface area contributed by atoms with E-state index in [0.29, 0.717) is 25.8 Å². The molecule has 1 aliphatic heterocycles. The summed E-state index contributed by atoms with van der Waals surface area (Å²) >= 11 is 1.59. The molecule has 0 saturated carbocycles. The van der Waals surface area contributed by atoms with Crippen LogP contribution in [0.5, 0.6) is 0 Å². The molecule has 0 spiro atoms. The molecule has 1 fully saturated rings. The summed E-state index contributed by atoms with van der Waals surface area (Å²) in [6.45, 7) is 10.1. The molecule has 1 saturated heterocycles. The number of amides is 3. The predicted octanol–water partition coefficient (Wildman–Crippen LogP) is 4.24. The van der Waals surface area contributed by atoms with Crippen molar-refractivity contribution in [2.24, 2.45) is 16.3 Å². The van der Waals surface area contributed by atoms with Crippen LogP contribution in [0.15, 0.2) is 34.9 Å². The molecule has 4 N–H and O–H groups in total. The number of thiazole rings is 1. The van der Waals surface area contributed by atoms with E-state index in [4.69, 9.17) is 11.3 Å². The van der Waals surface area contributed by atoms with Crippen molar-refractivity contribution in [3.8, 4) is 10.4 Å². The first-order valence-electron chi connectivity index (χ1n) is 13.6. The molecule has 3 amide bonds. The van der Waals surface area contributed by atoms with Gasteiger partial charge in [-0.1, -0.05) is 50.2 Å². The van der Waals surface area contributed by atoms with Crippen molar-refractivity contribution in [2.45, 2.75) is 84.5 Å². The Morgan fingerprint density at radius 3 is 2.55 bits per heavy atom. The minimum atomic E-state index is -0.793. The van der Waals surface area contributed by atoms with Crippen LogP contribution in [0, 0.1) is 12.3 Å². The van der Waals surface area contributed by atoms with Gasteiger partial charge < -0.3 is 21.3 Å². The van der Waals surface area contributed by atoms with Crippen molar-refractivity contribution in [2.75, 3.05) is 13.1 Å². The Hall–Kier alpha value is -3.47. The predicted molar refractivity (Wildman–Crippen MR) is 156 cm³/mol. The van der Waals surface area contributed by atoms with Gasteiger partial charge in [0, 0.05) is 30.5 Å². The lowest BCUT2D eigenvalue weighted by atomic mass is 9.86. The van der Waals surface area contributed by atoms with Crippen LogP contribution in [0.25, 0.3) is 20.9 Å². The van der Waals surface area contributed by atoms with Crippen molar-refractivity contribution in [1.29, 1.82) is 0 Å². The van der Waals surface area contributed by atoms with Crippen molar-refractivity contribution in [3.05, 3.63) is 51.5 Å². The third-order valence-corrected chi connectivity index (χ3v) is 8.18. The second-order valence-corrected chi connectivity index (χ2v) is 12.2. The number of nitrogens with two attached hydrogens (primary N) is 1. The molecule has 2 heterocycles. The van der Waals surface area contributed by atoms with Gasteiger partial charge in [0.2, 0.25) is 17.7 Å². The molecule has 1 aromatic carbocycles. The number of carbonyl (C=O) groups is 3. The van der Waals surface area contributed by atoms with E-state index >= 15 is 0 Å².